The van der Waals surface area contributed by atoms with Crippen molar-refractivity contribution in [3.05, 3.63) is 48.6 Å². The van der Waals surface area contributed by atoms with Crippen molar-refractivity contribution >= 4 is 11.9 Å². The Hall–Kier alpha value is -2.18. The molecule has 0 aliphatic heterocycles. The van der Waals surface area contributed by atoms with Crippen molar-refractivity contribution in [1.29, 1.82) is 0 Å². The van der Waals surface area contributed by atoms with Gasteiger partial charge in [0.2, 0.25) is 0 Å². The first kappa shape index (κ1) is 20.9. The highest BCUT2D eigenvalue weighted by atomic mass is 16.5. The quantitative estimate of drug-likeness (QED) is 0.286. The SMILES string of the molecule is C=CCOC(=O)C(CCc1ccccc1)N[C@@H](CCCCN)C(=O)O. The van der Waals surface area contributed by atoms with Crippen molar-refractivity contribution < 1.29 is 19.4 Å². The number of aryl methyl sites for hydroxylation is 1. The van der Waals surface area contributed by atoms with Crippen molar-refractivity contribution in [2.24, 2.45) is 5.73 Å². The molecule has 0 amide bonds. The summed E-state index contributed by atoms with van der Waals surface area (Å²) >= 11 is 0. The monoisotopic (exact) mass is 348 g/mol. The number of hydrogen-bond donors (Lipinski definition) is 3. The molecule has 1 aromatic carbocycles. The molecule has 1 unspecified atom stereocenters. The molecule has 6 heteroatoms. The van der Waals surface area contributed by atoms with Gasteiger partial charge in [0, 0.05) is 0 Å². The van der Waals surface area contributed by atoms with Gasteiger partial charge in [-0.15, -0.1) is 0 Å². The lowest BCUT2D eigenvalue weighted by atomic mass is 10.0. The second-order valence-electron chi connectivity index (χ2n) is 5.84. The second kappa shape index (κ2) is 12.2. The zero-order valence-corrected chi connectivity index (χ0v) is 14.5. The van der Waals surface area contributed by atoms with E-state index in [1.165, 1.54) is 6.08 Å². The first-order valence-electron chi connectivity index (χ1n) is 8.58. The molecule has 0 radical (unpaired) electrons. The van der Waals surface area contributed by atoms with Gasteiger partial charge in [0.15, 0.2) is 0 Å². The maximum absolute atomic E-state index is 12.3. The number of rotatable bonds is 13. The van der Waals surface area contributed by atoms with Crippen LogP contribution in [-0.2, 0) is 20.7 Å². The van der Waals surface area contributed by atoms with Crippen LogP contribution in [0.3, 0.4) is 0 Å². The molecule has 1 rings (SSSR count). The molecule has 6 nitrogen and oxygen atoms in total. The van der Waals surface area contributed by atoms with E-state index in [9.17, 15) is 14.7 Å². The Balaban J connectivity index is 2.71. The summed E-state index contributed by atoms with van der Waals surface area (Å²) in [6, 6.07) is 8.25. The minimum atomic E-state index is -0.974. The average molecular weight is 348 g/mol. The maximum atomic E-state index is 12.3. The molecule has 0 spiro atoms. The van der Waals surface area contributed by atoms with Gasteiger partial charge in [-0.3, -0.25) is 14.9 Å². The van der Waals surface area contributed by atoms with Gasteiger partial charge < -0.3 is 15.6 Å². The Bertz CT molecular complexity index is 533. The van der Waals surface area contributed by atoms with Crippen molar-refractivity contribution in [1.82, 2.24) is 5.32 Å². The van der Waals surface area contributed by atoms with Crippen LogP contribution in [0.15, 0.2) is 43.0 Å². The first-order chi connectivity index (χ1) is 12.1. The van der Waals surface area contributed by atoms with Crippen LogP contribution < -0.4 is 11.1 Å². The number of carbonyl (C=O) groups excluding carboxylic acids is 1. The highest BCUT2D eigenvalue weighted by molar-refractivity contribution is 5.78. The van der Waals surface area contributed by atoms with Crippen molar-refractivity contribution in [2.75, 3.05) is 13.2 Å². The summed E-state index contributed by atoms with van der Waals surface area (Å²) in [6.45, 7) is 4.14. The zero-order valence-electron chi connectivity index (χ0n) is 14.5. The summed E-state index contributed by atoms with van der Waals surface area (Å²) in [5.41, 5.74) is 6.54. The number of carboxylic acid groups (broad SMARTS) is 1. The van der Waals surface area contributed by atoms with E-state index < -0.39 is 24.0 Å². The number of nitrogens with one attached hydrogen (secondary N) is 1. The first-order valence-corrected chi connectivity index (χ1v) is 8.58. The molecule has 0 saturated heterocycles. The number of aliphatic carboxylic acids is 1. The van der Waals surface area contributed by atoms with Crippen molar-refractivity contribution in [2.45, 2.75) is 44.2 Å². The van der Waals surface area contributed by atoms with Crippen LogP contribution >= 0.6 is 0 Å². The van der Waals surface area contributed by atoms with Crippen molar-refractivity contribution in [3.8, 4) is 0 Å². The summed E-state index contributed by atoms with van der Waals surface area (Å²) in [5.74, 6) is -1.43. The van der Waals surface area contributed by atoms with E-state index in [-0.39, 0.29) is 6.61 Å². The molecule has 0 bridgehead atoms. The second-order valence-corrected chi connectivity index (χ2v) is 5.84. The highest BCUT2D eigenvalue weighted by Crippen LogP contribution is 2.09. The zero-order chi connectivity index (χ0) is 18.5. The van der Waals surface area contributed by atoms with Gasteiger partial charge >= 0.3 is 11.9 Å². The van der Waals surface area contributed by atoms with Crippen LogP contribution in [0.2, 0.25) is 0 Å². The molecule has 0 heterocycles. The van der Waals surface area contributed by atoms with E-state index in [1.807, 2.05) is 30.3 Å². The molecular weight excluding hydrogens is 320 g/mol. The Morgan fingerprint density at radius 1 is 1.20 bits per heavy atom. The molecule has 0 aromatic heterocycles. The fourth-order valence-electron chi connectivity index (χ4n) is 2.48. The summed E-state index contributed by atoms with van der Waals surface area (Å²) < 4.78 is 5.12. The molecule has 0 aliphatic carbocycles. The van der Waals surface area contributed by atoms with Crippen LogP contribution in [0, 0.1) is 0 Å². The van der Waals surface area contributed by atoms with Gasteiger partial charge in [-0.25, -0.2) is 0 Å². The smallest absolute Gasteiger partial charge is 0.323 e. The fraction of sp³-hybridized carbons (Fsp3) is 0.474. The number of hydrogen-bond acceptors (Lipinski definition) is 5. The molecule has 0 saturated carbocycles. The minimum Gasteiger partial charge on any atom is -0.480 e. The number of benzene rings is 1. The van der Waals surface area contributed by atoms with Gasteiger partial charge in [-0.05, 0) is 37.8 Å². The maximum Gasteiger partial charge on any atom is 0.323 e. The Morgan fingerprint density at radius 2 is 1.92 bits per heavy atom. The van der Waals surface area contributed by atoms with Crippen molar-refractivity contribution in [3.63, 3.8) is 0 Å². The lowest BCUT2D eigenvalue weighted by molar-refractivity contribution is -0.146. The standard InChI is InChI=1S/C19H28N2O4/c1-2-14-25-19(24)17(12-11-15-8-4-3-5-9-15)21-16(18(22)23)10-6-7-13-20/h2-5,8-9,16-17,21H,1,6-7,10-14,20H2,(H,22,23)/t16-,17?/m0/s1. The third-order valence-corrected chi connectivity index (χ3v) is 3.84. The number of ether oxygens (including phenoxy) is 1. The van der Waals surface area contributed by atoms with Crippen LogP contribution in [0.5, 0.6) is 0 Å². The number of esters is 1. The van der Waals surface area contributed by atoms with Gasteiger partial charge in [0.05, 0.1) is 0 Å². The van der Waals surface area contributed by atoms with Crippen LogP contribution in [-0.4, -0.2) is 42.3 Å². The van der Waals surface area contributed by atoms with Crippen LogP contribution in [0.4, 0.5) is 0 Å². The minimum absolute atomic E-state index is 0.104. The predicted molar refractivity (Wildman–Crippen MR) is 97.2 cm³/mol. The predicted octanol–water partition coefficient (Wildman–Crippen LogP) is 1.89. The summed E-state index contributed by atoms with van der Waals surface area (Å²) in [7, 11) is 0. The number of nitrogens with two attached hydrogens (primary N) is 1. The lowest BCUT2D eigenvalue weighted by Gasteiger charge is -2.22. The highest BCUT2D eigenvalue weighted by Gasteiger charge is 2.26. The fourth-order valence-corrected chi connectivity index (χ4v) is 2.48. The third kappa shape index (κ3) is 8.47. The summed E-state index contributed by atoms with van der Waals surface area (Å²) in [5, 5.41) is 12.3. The van der Waals surface area contributed by atoms with E-state index in [0.717, 1.165) is 12.0 Å². The van der Waals surface area contributed by atoms with E-state index in [4.69, 9.17) is 10.5 Å². The number of unbranched alkanes of at least 4 members (excludes halogenated alkanes) is 1. The normalized spacial score (nSPS) is 13.0. The summed E-state index contributed by atoms with van der Waals surface area (Å²) in [4.78, 5) is 23.7. The topological polar surface area (TPSA) is 102 Å². The van der Waals surface area contributed by atoms with Gasteiger partial charge in [0.25, 0.3) is 0 Å². The molecule has 2 atom stereocenters. The van der Waals surface area contributed by atoms with Gasteiger partial charge in [-0.1, -0.05) is 49.4 Å². The Morgan fingerprint density at radius 3 is 2.52 bits per heavy atom. The lowest BCUT2D eigenvalue weighted by Crippen LogP contribution is -2.48. The van der Waals surface area contributed by atoms with Crippen LogP contribution in [0.25, 0.3) is 0 Å². The largest absolute Gasteiger partial charge is 0.480 e. The van der Waals surface area contributed by atoms with Gasteiger partial charge in [-0.2, -0.15) is 0 Å². The van der Waals surface area contributed by atoms with E-state index in [1.54, 1.807) is 0 Å². The van der Waals surface area contributed by atoms with E-state index >= 15 is 0 Å². The molecule has 0 aliphatic rings. The molecular formula is C19H28N2O4. The van der Waals surface area contributed by atoms with Gasteiger partial charge in [0.1, 0.15) is 18.7 Å². The molecule has 138 valence electrons. The number of carboxylic acids is 1. The van der Waals surface area contributed by atoms with Crippen LogP contribution in [0.1, 0.15) is 31.2 Å². The number of carbonyl (C=O) groups is 2. The van der Waals surface area contributed by atoms with E-state index in [0.29, 0.717) is 32.2 Å². The average Bonchev–Trinajstić information content (AvgIpc) is 2.62. The Labute approximate surface area is 149 Å². The third-order valence-electron chi connectivity index (χ3n) is 3.84. The molecule has 0 fully saturated rings. The molecule has 1 aromatic rings. The van der Waals surface area contributed by atoms with E-state index in [2.05, 4.69) is 11.9 Å². The summed E-state index contributed by atoms with van der Waals surface area (Å²) in [6.07, 6.45) is 4.46. The molecule has 4 N–H and O–H groups in total. The Kier molecular flexibility index (Phi) is 10.2. The molecule has 25 heavy (non-hydrogen) atoms.